The van der Waals surface area contributed by atoms with E-state index in [1.165, 1.54) is 0 Å². The van der Waals surface area contributed by atoms with Gasteiger partial charge >= 0.3 is 5.97 Å². The smallest absolute Gasteiger partial charge is 0.303 e. The van der Waals surface area contributed by atoms with Crippen molar-refractivity contribution in [1.82, 2.24) is 9.55 Å². The van der Waals surface area contributed by atoms with Crippen LogP contribution in [0.3, 0.4) is 0 Å². The Kier molecular flexibility index (Phi) is 4.81. The van der Waals surface area contributed by atoms with Gasteiger partial charge in [0, 0.05) is 23.0 Å². The lowest BCUT2D eigenvalue weighted by Crippen LogP contribution is -2.05. The van der Waals surface area contributed by atoms with Crippen LogP contribution in [-0.4, -0.2) is 27.7 Å². The monoisotopic (exact) mass is 372 g/mol. The van der Waals surface area contributed by atoms with Crippen LogP contribution in [0.4, 0.5) is 0 Å². The molecule has 140 valence electrons. The molecule has 0 amide bonds. The molecule has 0 aliphatic carbocycles. The van der Waals surface area contributed by atoms with Gasteiger partial charge in [-0.3, -0.25) is 9.78 Å². The van der Waals surface area contributed by atoms with E-state index >= 15 is 0 Å². The van der Waals surface area contributed by atoms with Crippen molar-refractivity contribution in [1.29, 1.82) is 0 Å². The first kappa shape index (κ1) is 17.8. The largest absolute Gasteiger partial charge is 0.497 e. The zero-order valence-corrected chi connectivity index (χ0v) is 15.5. The highest BCUT2D eigenvalue weighted by Crippen LogP contribution is 2.30. The molecule has 0 saturated carbocycles. The number of nitrogens with zero attached hydrogens (tertiary/aromatic N) is 2. The summed E-state index contributed by atoms with van der Waals surface area (Å²) in [5, 5.41) is 10.2. The van der Waals surface area contributed by atoms with Crippen LogP contribution in [0.2, 0.25) is 0 Å². The Hall–Kier alpha value is -3.60. The Morgan fingerprint density at radius 3 is 2.64 bits per heavy atom. The summed E-state index contributed by atoms with van der Waals surface area (Å²) in [6, 6.07) is 21.9. The summed E-state index contributed by atoms with van der Waals surface area (Å²) in [5.41, 5.74) is 4.91. The number of rotatable bonds is 6. The molecule has 0 fully saturated rings. The second-order valence-corrected chi connectivity index (χ2v) is 6.55. The number of aliphatic carboxylic acids is 1. The number of fused-ring (bicyclic) bond motifs is 1. The van der Waals surface area contributed by atoms with Crippen molar-refractivity contribution in [2.45, 2.75) is 12.8 Å². The van der Waals surface area contributed by atoms with Gasteiger partial charge in [0.05, 0.1) is 24.7 Å². The predicted octanol–water partition coefficient (Wildman–Crippen LogP) is 4.72. The molecule has 1 N–H and O–H groups in total. The van der Waals surface area contributed by atoms with Gasteiger partial charge in [-0.25, -0.2) is 0 Å². The summed E-state index contributed by atoms with van der Waals surface area (Å²) in [4.78, 5) is 15.5. The molecule has 2 aromatic heterocycles. The van der Waals surface area contributed by atoms with Crippen LogP contribution in [0.25, 0.3) is 27.8 Å². The van der Waals surface area contributed by atoms with Gasteiger partial charge in [-0.2, -0.15) is 0 Å². The number of aryl methyl sites for hydroxylation is 1. The summed E-state index contributed by atoms with van der Waals surface area (Å²) < 4.78 is 7.38. The van der Waals surface area contributed by atoms with E-state index < -0.39 is 5.97 Å². The van der Waals surface area contributed by atoms with Crippen molar-refractivity contribution in [3.63, 3.8) is 0 Å². The number of hydrogen-bond acceptors (Lipinski definition) is 3. The first-order valence-electron chi connectivity index (χ1n) is 9.08. The molecule has 4 rings (SSSR count). The lowest BCUT2D eigenvalue weighted by molar-refractivity contribution is -0.136. The average molecular weight is 372 g/mol. The van der Waals surface area contributed by atoms with Crippen LogP contribution < -0.4 is 4.74 Å². The standard InChI is InChI=1S/C23H20N2O3/c1-28-20-9-4-16(5-10-20)22-12-7-18(8-13-23(26)27)25(22)19-6-11-21-17(15-19)3-2-14-24-21/h2-7,9-12,14-15H,8,13H2,1H3,(H,26,27). The van der Waals surface area contributed by atoms with Gasteiger partial charge < -0.3 is 14.4 Å². The Morgan fingerprint density at radius 2 is 1.89 bits per heavy atom. The fourth-order valence-corrected chi connectivity index (χ4v) is 3.40. The third-order valence-electron chi connectivity index (χ3n) is 4.79. The molecule has 0 aliphatic rings. The number of ether oxygens (including phenoxy) is 1. The van der Waals surface area contributed by atoms with E-state index in [0.29, 0.717) is 6.42 Å². The number of carbonyl (C=O) groups is 1. The maximum Gasteiger partial charge on any atom is 0.303 e. The molecule has 0 unspecified atom stereocenters. The summed E-state index contributed by atoms with van der Waals surface area (Å²) in [6.45, 7) is 0. The normalized spacial score (nSPS) is 10.9. The van der Waals surface area contributed by atoms with Crippen LogP contribution in [0.1, 0.15) is 12.1 Å². The van der Waals surface area contributed by atoms with Crippen molar-refractivity contribution >= 4 is 16.9 Å². The van der Waals surface area contributed by atoms with Crippen LogP contribution in [0.15, 0.2) is 72.9 Å². The van der Waals surface area contributed by atoms with E-state index in [4.69, 9.17) is 9.84 Å². The highest BCUT2D eigenvalue weighted by atomic mass is 16.5. The molecule has 0 saturated heterocycles. The highest BCUT2D eigenvalue weighted by Gasteiger charge is 2.14. The quantitative estimate of drug-likeness (QED) is 0.532. The number of carboxylic acids is 1. The summed E-state index contributed by atoms with van der Waals surface area (Å²) in [7, 11) is 1.64. The van der Waals surface area contributed by atoms with Gasteiger partial charge in [-0.15, -0.1) is 0 Å². The number of benzene rings is 2. The van der Waals surface area contributed by atoms with Crippen LogP contribution in [0, 0.1) is 0 Å². The molecule has 4 aromatic rings. The number of aromatic nitrogens is 2. The van der Waals surface area contributed by atoms with Gasteiger partial charge in [0.1, 0.15) is 5.75 Å². The van der Waals surface area contributed by atoms with Crippen molar-refractivity contribution in [2.24, 2.45) is 0 Å². The molecule has 0 aliphatic heterocycles. The minimum atomic E-state index is -0.804. The Labute approximate surface area is 162 Å². The average Bonchev–Trinajstić information content (AvgIpc) is 3.16. The molecule has 0 bridgehead atoms. The number of hydrogen-bond donors (Lipinski definition) is 1. The van der Waals surface area contributed by atoms with E-state index in [-0.39, 0.29) is 6.42 Å². The Bertz CT molecular complexity index is 1130. The fraction of sp³-hybridized carbons (Fsp3) is 0.130. The minimum Gasteiger partial charge on any atom is -0.497 e. The van der Waals surface area contributed by atoms with Crippen molar-refractivity contribution < 1.29 is 14.6 Å². The maximum absolute atomic E-state index is 11.1. The molecular weight excluding hydrogens is 352 g/mol. The topological polar surface area (TPSA) is 64.3 Å². The van der Waals surface area contributed by atoms with Gasteiger partial charge in [-0.1, -0.05) is 6.07 Å². The summed E-state index contributed by atoms with van der Waals surface area (Å²) in [6.07, 6.45) is 2.32. The van der Waals surface area contributed by atoms with E-state index in [2.05, 4.69) is 15.6 Å². The Balaban J connectivity index is 1.85. The first-order chi connectivity index (χ1) is 13.7. The van der Waals surface area contributed by atoms with Crippen molar-refractivity contribution in [3.8, 4) is 22.7 Å². The van der Waals surface area contributed by atoms with E-state index in [1.807, 2.05) is 60.7 Å². The van der Waals surface area contributed by atoms with Gasteiger partial charge in [0.2, 0.25) is 0 Å². The zero-order valence-electron chi connectivity index (χ0n) is 15.5. The van der Waals surface area contributed by atoms with E-state index in [1.54, 1.807) is 13.3 Å². The summed E-state index contributed by atoms with van der Waals surface area (Å²) in [5.74, 6) is -0.00815. The third kappa shape index (κ3) is 3.47. The molecule has 0 spiro atoms. The van der Waals surface area contributed by atoms with Gasteiger partial charge in [0.25, 0.3) is 0 Å². The van der Waals surface area contributed by atoms with Crippen LogP contribution in [0.5, 0.6) is 5.75 Å². The molecule has 28 heavy (non-hydrogen) atoms. The van der Waals surface area contributed by atoms with E-state index in [0.717, 1.165) is 39.3 Å². The highest BCUT2D eigenvalue weighted by molar-refractivity contribution is 5.81. The molecule has 2 heterocycles. The molecule has 5 heteroatoms. The first-order valence-corrected chi connectivity index (χ1v) is 9.08. The number of pyridine rings is 1. The van der Waals surface area contributed by atoms with Crippen molar-refractivity contribution in [3.05, 3.63) is 78.6 Å². The van der Waals surface area contributed by atoms with Crippen LogP contribution in [-0.2, 0) is 11.2 Å². The van der Waals surface area contributed by atoms with E-state index in [9.17, 15) is 4.79 Å². The Morgan fingerprint density at radius 1 is 1.07 bits per heavy atom. The SMILES string of the molecule is COc1ccc(-c2ccc(CCC(=O)O)n2-c2ccc3ncccc3c2)cc1. The molecule has 5 nitrogen and oxygen atoms in total. The predicted molar refractivity (Wildman–Crippen MR) is 109 cm³/mol. The molecule has 2 aromatic carbocycles. The summed E-state index contributed by atoms with van der Waals surface area (Å²) >= 11 is 0. The van der Waals surface area contributed by atoms with Crippen LogP contribution >= 0.6 is 0 Å². The second-order valence-electron chi connectivity index (χ2n) is 6.55. The number of carboxylic acid groups (broad SMARTS) is 1. The minimum absolute atomic E-state index is 0.0845. The van der Waals surface area contributed by atoms with Crippen molar-refractivity contribution in [2.75, 3.05) is 7.11 Å². The van der Waals surface area contributed by atoms with Gasteiger partial charge in [0.15, 0.2) is 0 Å². The molecular formula is C23H20N2O3. The lowest BCUT2D eigenvalue weighted by atomic mass is 10.1. The third-order valence-corrected chi connectivity index (χ3v) is 4.79. The lowest BCUT2D eigenvalue weighted by Gasteiger charge is -2.15. The maximum atomic E-state index is 11.1. The second kappa shape index (κ2) is 7.56. The van der Waals surface area contributed by atoms with Gasteiger partial charge in [-0.05, 0) is 72.6 Å². The number of methoxy groups -OCH3 is 1. The zero-order chi connectivity index (χ0) is 19.5. The molecule has 0 atom stereocenters. The fourth-order valence-electron chi connectivity index (χ4n) is 3.40. The molecule has 0 radical (unpaired) electrons.